The third-order valence-corrected chi connectivity index (χ3v) is 15.9. The molecule has 8 rings (SSSR count). The van der Waals surface area contributed by atoms with Gasteiger partial charge in [0, 0.05) is 19.8 Å². The van der Waals surface area contributed by atoms with Crippen molar-refractivity contribution in [2.75, 3.05) is 18.8 Å². The summed E-state index contributed by atoms with van der Waals surface area (Å²) in [6.45, 7) is 1.92. The quantitative estimate of drug-likeness (QED) is 0.0558. The number of carbonyl (C=O) groups excluding carboxylic acids is 10. The van der Waals surface area contributed by atoms with Crippen molar-refractivity contribution in [2.24, 2.45) is 0 Å². The number of aliphatic carboxylic acids is 4. The summed E-state index contributed by atoms with van der Waals surface area (Å²) in [7, 11) is 6.48. The molecule has 31 nitrogen and oxygen atoms in total. The maximum absolute atomic E-state index is 14.6. The second-order valence-electron chi connectivity index (χ2n) is 22.8. The zero-order chi connectivity index (χ0) is 70.9. The normalized spacial score (nSPS) is 22.8. The fourth-order valence-electron chi connectivity index (χ4n) is 9.85. The molecule has 4 aromatic rings. The Hall–Kier alpha value is -10.9. The molecule has 97 heavy (non-hydrogen) atoms. The molecule has 4 aromatic carbocycles. The van der Waals surface area contributed by atoms with Gasteiger partial charge in [0.2, 0.25) is 35.4 Å². The Kier molecular flexibility index (Phi) is 28.5. The molecule has 8 bridgehead atoms. The van der Waals surface area contributed by atoms with E-state index in [-0.39, 0.29) is 48.9 Å². The van der Waals surface area contributed by atoms with Crippen molar-refractivity contribution in [3.8, 4) is 11.5 Å². The summed E-state index contributed by atoms with van der Waals surface area (Å²) in [4.78, 5) is 186. The average molecular weight is 1360 g/mol. The van der Waals surface area contributed by atoms with Gasteiger partial charge in [-0.05, 0) is 54.8 Å². The Morgan fingerprint density at radius 3 is 1.58 bits per heavy atom. The van der Waals surface area contributed by atoms with E-state index >= 15 is 0 Å². The predicted molar refractivity (Wildman–Crippen MR) is 347 cm³/mol. The molecule has 4 aliphatic rings. The maximum atomic E-state index is 14.6. The molecule has 0 spiro atoms. The molecule has 0 aromatic heterocycles. The van der Waals surface area contributed by atoms with Gasteiger partial charge in [-0.1, -0.05) is 24.3 Å². The first-order valence-electron chi connectivity index (χ1n) is 30.4. The van der Waals surface area contributed by atoms with Crippen LogP contribution >= 0.6 is 11.8 Å². The Labute approximate surface area is 560 Å². The van der Waals surface area contributed by atoms with Crippen LogP contribution in [0, 0.1) is 0 Å². The summed E-state index contributed by atoms with van der Waals surface area (Å²) in [5, 5.41) is 66.3. The molecule has 0 aliphatic carbocycles. The molecular weight excluding hydrogens is 1290 g/mol. The van der Waals surface area contributed by atoms with Crippen molar-refractivity contribution in [1.29, 1.82) is 0 Å². The molecule has 10 amide bonds. The Bertz CT molecular complexity index is 3590. The number of benzene rings is 4. The number of nitrogens with one attached hydrogen (secondary N) is 11. The summed E-state index contributed by atoms with van der Waals surface area (Å²) in [6, 6.07) is 12.3. The van der Waals surface area contributed by atoms with Crippen LogP contribution < -0.4 is 68.0 Å². The van der Waals surface area contributed by atoms with Gasteiger partial charge in [-0.25, -0.2) is 0 Å². The zero-order valence-electron chi connectivity index (χ0n) is 52.9. The van der Waals surface area contributed by atoms with E-state index in [0.29, 0.717) is 39.1 Å². The molecule has 33 heteroatoms. The van der Waals surface area contributed by atoms with E-state index in [1.807, 2.05) is 6.07 Å². The fraction of sp³-hybridized carbons (Fsp3) is 0.391. The first kappa shape index (κ1) is 75.2. The van der Waals surface area contributed by atoms with Crippen molar-refractivity contribution in [3.63, 3.8) is 0 Å². The third kappa shape index (κ3) is 25.4. The molecule has 4 aliphatic heterocycles. The van der Waals surface area contributed by atoms with Crippen LogP contribution in [0.3, 0.4) is 0 Å². The first-order chi connectivity index (χ1) is 46.1. The number of amides is 10. The van der Waals surface area contributed by atoms with Crippen molar-refractivity contribution in [1.82, 2.24) is 58.5 Å². The van der Waals surface area contributed by atoms with Gasteiger partial charge in [0.05, 0.1) is 13.0 Å². The zero-order valence-corrected chi connectivity index (χ0v) is 53.7. The van der Waals surface area contributed by atoms with Crippen LogP contribution in [-0.4, -0.2) is 190 Å². The van der Waals surface area contributed by atoms with Crippen LogP contribution in [0.4, 0.5) is 0 Å². The Morgan fingerprint density at radius 1 is 0.526 bits per heavy atom. The van der Waals surface area contributed by atoms with E-state index in [9.17, 15) is 87.5 Å². The van der Waals surface area contributed by atoms with E-state index in [0.717, 1.165) is 13.8 Å². The minimum absolute atomic E-state index is 0.0192. The number of fused-ring (bicyclic) bond motifs is 36. The van der Waals surface area contributed by atoms with E-state index in [4.69, 9.17) is 17.0 Å². The van der Waals surface area contributed by atoms with Crippen molar-refractivity contribution < 1.29 is 97.0 Å². The molecule has 1 radical (unpaired) electrons. The molecule has 0 saturated heterocycles. The van der Waals surface area contributed by atoms with Crippen LogP contribution in [0.25, 0.3) is 0 Å². The van der Waals surface area contributed by atoms with Gasteiger partial charge in [0.25, 0.3) is 0 Å². The molecule has 9 atom stereocenters. The van der Waals surface area contributed by atoms with E-state index in [1.54, 1.807) is 66.7 Å². The van der Waals surface area contributed by atoms with Gasteiger partial charge >= 0.3 is 282 Å². The number of thioether (sulfide) groups is 1. The number of carboxylic acids is 4. The average Bonchev–Trinajstić information content (AvgIpc) is 1.12. The first-order valence-corrected chi connectivity index (χ1v) is 31.6. The Morgan fingerprint density at radius 2 is 1.03 bits per heavy atom. The van der Waals surface area contributed by atoms with Crippen LogP contribution in [0.15, 0.2) is 97.1 Å². The Balaban J connectivity index is 1.41. The second kappa shape index (κ2) is 36.7. The number of hydrogen-bond acceptors (Lipinski definition) is 18. The SMILES string of the molecule is [B]=C1NCC(=O)N[C@H](C(=O)O)CSCc2cc3cc(c2)COc2ccc(cc2)C[C@H](NC(=O)[C@H](CCC(=O)O)NC(=O)CNC(=O)[C@H](C)NC(=O)[C@H](CC(=O)O)NC(=O)[C@@H](NC(C)=O)Cc2ccc(cc2)OC3)C(=O)N[C@@H](CC(=O)O)C(=O)N[C@@H](C)C(=O)N[C@H]1Cc1ccccc1. The number of carboxylic acid groups (broad SMARTS) is 4. The van der Waals surface area contributed by atoms with E-state index in [1.165, 1.54) is 43.0 Å². The van der Waals surface area contributed by atoms with Crippen LogP contribution in [0.5, 0.6) is 11.5 Å². The van der Waals surface area contributed by atoms with Crippen LogP contribution in [0.1, 0.15) is 79.8 Å². The summed E-state index contributed by atoms with van der Waals surface area (Å²) in [6.07, 6.45) is -4.02. The minimum atomic E-state index is -1.96. The van der Waals surface area contributed by atoms with E-state index in [2.05, 4.69) is 58.5 Å². The van der Waals surface area contributed by atoms with Gasteiger partial charge in [-0.3, -0.25) is 38.4 Å². The number of ether oxygens (including phenoxy) is 2. The van der Waals surface area contributed by atoms with Gasteiger partial charge in [-0.2, -0.15) is 0 Å². The topological polar surface area (TPSA) is 471 Å². The summed E-state index contributed by atoms with van der Waals surface area (Å²) in [5.74, 6) is -15.4. The molecule has 0 unspecified atom stereocenters. The number of carbonyl (C=O) groups is 14. The van der Waals surface area contributed by atoms with Gasteiger partial charge in [-0.15, -0.1) is 0 Å². The summed E-state index contributed by atoms with van der Waals surface area (Å²) in [5.41, 5.74) is 3.20. The summed E-state index contributed by atoms with van der Waals surface area (Å²) < 4.78 is 12.4. The van der Waals surface area contributed by atoms with Crippen molar-refractivity contribution in [3.05, 3.63) is 130 Å². The number of hydrogen-bond donors (Lipinski definition) is 15. The van der Waals surface area contributed by atoms with Crippen LogP contribution in [-0.2, 0) is 105 Å². The molecular formula is C64H75BN11O20S. The number of rotatable bonds is 11. The molecule has 4 heterocycles. The van der Waals surface area contributed by atoms with Gasteiger partial charge < -0.3 is 46.3 Å². The van der Waals surface area contributed by atoms with Crippen LogP contribution in [0.2, 0.25) is 0 Å². The molecule has 515 valence electrons. The monoisotopic (exact) mass is 1360 g/mol. The van der Waals surface area contributed by atoms with Gasteiger partial charge in [0.15, 0.2) is 0 Å². The third-order valence-electron chi connectivity index (χ3n) is 14.8. The van der Waals surface area contributed by atoms with Crippen molar-refractivity contribution in [2.45, 2.75) is 139 Å². The second-order valence-corrected chi connectivity index (χ2v) is 23.9. The summed E-state index contributed by atoms with van der Waals surface area (Å²) >= 11 is 1.18. The fourth-order valence-corrected chi connectivity index (χ4v) is 10.8. The molecule has 15 N–H and O–H groups in total. The molecule has 0 saturated carbocycles. The molecule has 0 fully saturated rings. The van der Waals surface area contributed by atoms with E-state index < -0.39 is 183 Å². The van der Waals surface area contributed by atoms with Gasteiger partial charge in [0.1, 0.15) is 48.9 Å². The van der Waals surface area contributed by atoms with Crippen molar-refractivity contribution >= 4 is 108 Å². The standard InChI is InChI=1S/C64H75BN11O20S/c1-33-57(86)67-28-52(79)71-44(17-18-53(80)81)59(88)74-47-24-38-11-15-43(16-12-38)96-30-40-19-39(29-95-42-13-9-37(10-14-42)23-46(70-35(3)77)62(91)75-48(25-54(82)83)60(89)68-33)20-41(21-40)31-97-32-50(64(93)94)72-51(78)27-66-56(65)45(22-36-7-5-4-6-8-36)73-58(87)34(2)69-61(90)49(26-55(84)85)76-63(47)92/h4-16,19-21,33-34,44-50,66H,17-18,22-32H2,1-3H3,(H,67,86)(H,68,89)(H,69,90)(H,70,77)(H,71,79)(H,72,78)(H,73,87)(H,74,88)(H,75,91)(H,76,92)(H,80,81)(H,82,83)(H,84,85)(H,93,94)/t33-,34-,44-,45-,46-,47-,48-,49-,50-/m0/s1. The predicted octanol–water partition coefficient (Wildman–Crippen LogP) is -2.24.